The summed E-state index contributed by atoms with van der Waals surface area (Å²) in [5.41, 5.74) is 2.54. The van der Waals surface area contributed by atoms with Gasteiger partial charge >= 0.3 is 0 Å². The average molecular weight is 220 g/mol. The average Bonchev–Trinajstić information content (AvgIpc) is 2.31. The summed E-state index contributed by atoms with van der Waals surface area (Å²) >= 11 is 5.86. The number of nitrogens with zero attached hydrogens (tertiary/aromatic N) is 1. The molecule has 76 valence electrons. The lowest BCUT2D eigenvalue weighted by Crippen LogP contribution is -1.90. The standard InChI is InChI=1S/C12H10ClNO/c13-11-7-14-12(6-10(11)8-15)9-4-2-1-3-5-9/h1-7,15H,8H2. The van der Waals surface area contributed by atoms with Crippen LogP contribution in [0, 0.1) is 0 Å². The summed E-state index contributed by atoms with van der Waals surface area (Å²) < 4.78 is 0. The summed E-state index contributed by atoms with van der Waals surface area (Å²) in [6, 6.07) is 11.6. The zero-order valence-corrected chi connectivity index (χ0v) is 8.78. The lowest BCUT2D eigenvalue weighted by atomic mass is 10.1. The first-order valence-electron chi connectivity index (χ1n) is 4.62. The Morgan fingerprint density at radius 1 is 1.20 bits per heavy atom. The number of halogens is 1. The number of rotatable bonds is 2. The minimum absolute atomic E-state index is 0.0683. The molecular formula is C12H10ClNO. The molecule has 0 aliphatic heterocycles. The molecule has 3 heteroatoms. The SMILES string of the molecule is OCc1cc(-c2ccccc2)ncc1Cl. The number of aromatic nitrogens is 1. The van der Waals surface area contributed by atoms with E-state index in [1.54, 1.807) is 12.3 Å². The van der Waals surface area contributed by atoms with Crippen LogP contribution in [0.2, 0.25) is 5.02 Å². The Bertz CT molecular complexity index is 456. The summed E-state index contributed by atoms with van der Waals surface area (Å²) in [6.45, 7) is -0.0683. The van der Waals surface area contributed by atoms with Gasteiger partial charge in [0.2, 0.25) is 0 Å². The van der Waals surface area contributed by atoms with Crippen LogP contribution in [-0.2, 0) is 6.61 Å². The molecule has 0 atom stereocenters. The topological polar surface area (TPSA) is 33.1 Å². The molecule has 0 saturated heterocycles. The molecule has 0 bridgehead atoms. The van der Waals surface area contributed by atoms with E-state index in [-0.39, 0.29) is 6.61 Å². The van der Waals surface area contributed by atoms with Crippen molar-refractivity contribution in [1.29, 1.82) is 0 Å². The lowest BCUT2D eigenvalue weighted by Gasteiger charge is -2.04. The van der Waals surface area contributed by atoms with Crippen molar-refractivity contribution in [2.45, 2.75) is 6.61 Å². The molecule has 2 aromatic rings. The van der Waals surface area contributed by atoms with E-state index in [1.165, 1.54) is 0 Å². The van der Waals surface area contributed by atoms with Gasteiger partial charge in [-0.1, -0.05) is 41.9 Å². The third kappa shape index (κ3) is 2.17. The number of aliphatic hydroxyl groups is 1. The largest absolute Gasteiger partial charge is 0.392 e. The van der Waals surface area contributed by atoms with Crippen LogP contribution in [0.1, 0.15) is 5.56 Å². The summed E-state index contributed by atoms with van der Waals surface area (Å²) in [6.07, 6.45) is 1.56. The number of hydrogen-bond acceptors (Lipinski definition) is 2. The molecule has 1 N–H and O–H groups in total. The van der Waals surface area contributed by atoms with Gasteiger partial charge in [0.05, 0.1) is 17.3 Å². The van der Waals surface area contributed by atoms with Crippen LogP contribution in [0.3, 0.4) is 0 Å². The van der Waals surface area contributed by atoms with Crippen molar-refractivity contribution in [2.75, 3.05) is 0 Å². The Kier molecular flexibility index (Phi) is 2.99. The smallest absolute Gasteiger partial charge is 0.0706 e. The van der Waals surface area contributed by atoms with Gasteiger partial charge in [-0.15, -0.1) is 0 Å². The highest BCUT2D eigenvalue weighted by atomic mass is 35.5. The Labute approximate surface area is 93.2 Å². The maximum Gasteiger partial charge on any atom is 0.0706 e. The van der Waals surface area contributed by atoms with Gasteiger partial charge < -0.3 is 5.11 Å². The van der Waals surface area contributed by atoms with Gasteiger partial charge in [0.25, 0.3) is 0 Å². The highest BCUT2D eigenvalue weighted by Crippen LogP contribution is 2.22. The molecule has 1 aromatic heterocycles. The van der Waals surface area contributed by atoms with E-state index >= 15 is 0 Å². The Morgan fingerprint density at radius 3 is 2.60 bits per heavy atom. The lowest BCUT2D eigenvalue weighted by molar-refractivity contribution is 0.282. The van der Waals surface area contributed by atoms with Gasteiger partial charge in [-0.3, -0.25) is 4.98 Å². The molecule has 0 unspecified atom stereocenters. The van der Waals surface area contributed by atoms with Gasteiger partial charge in [-0.25, -0.2) is 0 Å². The van der Waals surface area contributed by atoms with E-state index in [9.17, 15) is 0 Å². The van der Waals surface area contributed by atoms with E-state index in [0.717, 1.165) is 11.3 Å². The second kappa shape index (κ2) is 4.43. The first-order valence-corrected chi connectivity index (χ1v) is 5.00. The van der Waals surface area contributed by atoms with Crippen LogP contribution in [0.5, 0.6) is 0 Å². The molecular weight excluding hydrogens is 210 g/mol. The first-order chi connectivity index (χ1) is 7.31. The van der Waals surface area contributed by atoms with Crippen molar-refractivity contribution < 1.29 is 5.11 Å². The summed E-state index contributed by atoms with van der Waals surface area (Å²) in [5.74, 6) is 0. The minimum atomic E-state index is -0.0683. The zero-order chi connectivity index (χ0) is 10.7. The van der Waals surface area contributed by atoms with Crippen LogP contribution in [0.4, 0.5) is 0 Å². The first kappa shape index (κ1) is 10.1. The number of aliphatic hydroxyl groups excluding tert-OH is 1. The van der Waals surface area contributed by atoms with E-state index in [1.807, 2.05) is 30.3 Å². The Hall–Kier alpha value is -1.38. The van der Waals surface area contributed by atoms with Crippen molar-refractivity contribution in [2.24, 2.45) is 0 Å². The molecule has 1 aromatic carbocycles. The second-order valence-electron chi connectivity index (χ2n) is 3.19. The van der Waals surface area contributed by atoms with E-state index in [2.05, 4.69) is 4.98 Å². The Balaban J connectivity index is 2.46. The molecule has 15 heavy (non-hydrogen) atoms. The summed E-state index contributed by atoms with van der Waals surface area (Å²) in [7, 11) is 0. The normalized spacial score (nSPS) is 10.3. The highest BCUT2D eigenvalue weighted by Gasteiger charge is 2.03. The minimum Gasteiger partial charge on any atom is -0.392 e. The van der Waals surface area contributed by atoms with Crippen LogP contribution in [-0.4, -0.2) is 10.1 Å². The summed E-state index contributed by atoms with van der Waals surface area (Å²) in [5, 5.41) is 9.57. The molecule has 1 heterocycles. The highest BCUT2D eigenvalue weighted by molar-refractivity contribution is 6.31. The van der Waals surface area contributed by atoms with Crippen LogP contribution >= 0.6 is 11.6 Å². The van der Waals surface area contributed by atoms with Crippen molar-refractivity contribution in [3.8, 4) is 11.3 Å². The van der Waals surface area contributed by atoms with Gasteiger partial charge in [-0.2, -0.15) is 0 Å². The molecule has 0 aliphatic carbocycles. The molecule has 0 aliphatic rings. The zero-order valence-electron chi connectivity index (χ0n) is 8.02. The van der Waals surface area contributed by atoms with Gasteiger partial charge in [0.1, 0.15) is 0 Å². The molecule has 0 fully saturated rings. The predicted octanol–water partition coefficient (Wildman–Crippen LogP) is 2.89. The van der Waals surface area contributed by atoms with Crippen molar-refractivity contribution >= 4 is 11.6 Å². The quantitative estimate of drug-likeness (QED) is 0.843. The Morgan fingerprint density at radius 2 is 1.93 bits per heavy atom. The van der Waals surface area contributed by atoms with E-state index in [0.29, 0.717) is 10.6 Å². The monoisotopic (exact) mass is 219 g/mol. The maximum absolute atomic E-state index is 9.08. The molecule has 0 amide bonds. The van der Waals surface area contributed by atoms with E-state index < -0.39 is 0 Å². The predicted molar refractivity (Wildman–Crippen MR) is 60.6 cm³/mol. The fraction of sp³-hybridized carbons (Fsp3) is 0.0833. The number of benzene rings is 1. The summed E-state index contributed by atoms with van der Waals surface area (Å²) in [4.78, 5) is 4.21. The van der Waals surface area contributed by atoms with Crippen LogP contribution in [0.25, 0.3) is 11.3 Å². The van der Waals surface area contributed by atoms with Crippen LogP contribution < -0.4 is 0 Å². The molecule has 0 saturated carbocycles. The molecule has 0 spiro atoms. The maximum atomic E-state index is 9.08. The molecule has 0 radical (unpaired) electrons. The van der Waals surface area contributed by atoms with Gasteiger partial charge in [0, 0.05) is 11.8 Å². The van der Waals surface area contributed by atoms with Crippen molar-refractivity contribution in [3.63, 3.8) is 0 Å². The fourth-order valence-corrected chi connectivity index (χ4v) is 1.53. The van der Waals surface area contributed by atoms with Crippen LogP contribution in [0.15, 0.2) is 42.6 Å². The van der Waals surface area contributed by atoms with E-state index in [4.69, 9.17) is 16.7 Å². The number of pyridine rings is 1. The third-order valence-electron chi connectivity index (χ3n) is 2.17. The second-order valence-corrected chi connectivity index (χ2v) is 3.59. The van der Waals surface area contributed by atoms with Gasteiger partial charge in [0.15, 0.2) is 0 Å². The van der Waals surface area contributed by atoms with Crippen molar-refractivity contribution in [3.05, 3.63) is 53.2 Å². The number of hydrogen-bond donors (Lipinski definition) is 1. The molecule has 2 nitrogen and oxygen atoms in total. The molecule has 2 rings (SSSR count). The van der Waals surface area contributed by atoms with Gasteiger partial charge in [-0.05, 0) is 11.6 Å². The third-order valence-corrected chi connectivity index (χ3v) is 2.51. The van der Waals surface area contributed by atoms with Crippen molar-refractivity contribution in [1.82, 2.24) is 4.98 Å². The fourth-order valence-electron chi connectivity index (χ4n) is 1.37.